The van der Waals surface area contributed by atoms with Crippen LogP contribution in [0.15, 0.2) is 18.2 Å². The molecule has 6 nitrogen and oxygen atoms in total. The van der Waals surface area contributed by atoms with Gasteiger partial charge in [-0.3, -0.25) is 19.8 Å². The van der Waals surface area contributed by atoms with E-state index < -0.39 is 11.6 Å². The summed E-state index contributed by atoms with van der Waals surface area (Å²) in [4.78, 5) is 36.7. The predicted molar refractivity (Wildman–Crippen MR) is 90.8 cm³/mol. The second-order valence-electron chi connectivity index (χ2n) is 6.90. The molecule has 1 N–H and O–H groups in total. The number of imide groups is 1. The molecule has 1 aromatic rings. The molecule has 0 bridgehead atoms. The maximum Gasteiger partial charge on any atom is 0.328 e. The van der Waals surface area contributed by atoms with Crippen molar-refractivity contribution in [3.8, 4) is 0 Å². The van der Waals surface area contributed by atoms with Crippen LogP contribution in [0.1, 0.15) is 44.7 Å². The van der Waals surface area contributed by atoms with Gasteiger partial charge in [0, 0.05) is 25.1 Å². The lowest BCUT2D eigenvalue weighted by molar-refractivity contribution is -0.154. The molecule has 2 rings (SSSR count). The van der Waals surface area contributed by atoms with Crippen molar-refractivity contribution in [2.45, 2.75) is 52.6 Å². The number of benzene rings is 1. The van der Waals surface area contributed by atoms with Gasteiger partial charge >= 0.3 is 12.0 Å². The molecule has 24 heavy (non-hydrogen) atoms. The number of carbonyl (C=O) groups is 3. The van der Waals surface area contributed by atoms with Gasteiger partial charge in [0.1, 0.15) is 5.60 Å². The summed E-state index contributed by atoms with van der Waals surface area (Å²) in [6, 6.07) is 5.24. The Morgan fingerprint density at radius 3 is 2.62 bits per heavy atom. The monoisotopic (exact) mass is 332 g/mol. The maximum atomic E-state index is 12.0. The Labute approximate surface area is 142 Å². The van der Waals surface area contributed by atoms with E-state index in [-0.39, 0.29) is 24.7 Å². The zero-order valence-electron chi connectivity index (χ0n) is 14.6. The van der Waals surface area contributed by atoms with Gasteiger partial charge < -0.3 is 4.74 Å². The lowest BCUT2D eigenvalue weighted by Gasteiger charge is -2.28. The van der Waals surface area contributed by atoms with Crippen LogP contribution in [0.3, 0.4) is 0 Å². The molecule has 1 heterocycles. The van der Waals surface area contributed by atoms with Crippen molar-refractivity contribution in [3.63, 3.8) is 0 Å². The number of hydrogen-bond donors (Lipinski definition) is 1. The largest absolute Gasteiger partial charge is 0.460 e. The van der Waals surface area contributed by atoms with E-state index in [4.69, 9.17) is 4.74 Å². The third-order valence-corrected chi connectivity index (χ3v) is 3.78. The van der Waals surface area contributed by atoms with Gasteiger partial charge in [0.2, 0.25) is 5.91 Å². The van der Waals surface area contributed by atoms with Crippen LogP contribution >= 0.6 is 0 Å². The number of nitrogens with zero attached hydrogens (tertiary/aromatic N) is 1. The molecule has 0 aromatic heterocycles. The van der Waals surface area contributed by atoms with Crippen LogP contribution in [0.25, 0.3) is 0 Å². The number of rotatable bonds is 4. The van der Waals surface area contributed by atoms with E-state index in [1.165, 1.54) is 0 Å². The molecular formula is C18H24N2O4. The van der Waals surface area contributed by atoms with E-state index in [9.17, 15) is 14.4 Å². The zero-order valence-corrected chi connectivity index (χ0v) is 14.6. The summed E-state index contributed by atoms with van der Waals surface area (Å²) in [5.41, 5.74) is 2.20. The van der Waals surface area contributed by atoms with Gasteiger partial charge in [0.05, 0.1) is 0 Å². The number of nitrogens with one attached hydrogen (secondary N) is 1. The topological polar surface area (TPSA) is 75.7 Å². The van der Waals surface area contributed by atoms with Gasteiger partial charge in [0.15, 0.2) is 0 Å². The Bertz CT molecular complexity index is 661. The summed E-state index contributed by atoms with van der Waals surface area (Å²) in [6.45, 7) is 7.80. The lowest BCUT2D eigenvalue weighted by atomic mass is 10.0. The fourth-order valence-corrected chi connectivity index (χ4v) is 2.66. The molecule has 1 aliphatic heterocycles. The van der Waals surface area contributed by atoms with E-state index in [1.807, 2.05) is 45.9 Å². The zero-order chi connectivity index (χ0) is 17.9. The van der Waals surface area contributed by atoms with Gasteiger partial charge in [0.25, 0.3) is 0 Å². The number of urea groups is 1. The highest BCUT2D eigenvalue weighted by Crippen LogP contribution is 2.26. The molecule has 0 atom stereocenters. The van der Waals surface area contributed by atoms with Crippen LogP contribution in [0.5, 0.6) is 0 Å². The summed E-state index contributed by atoms with van der Waals surface area (Å²) < 4.78 is 5.32. The smallest absolute Gasteiger partial charge is 0.328 e. The molecule has 0 radical (unpaired) electrons. The highest BCUT2D eigenvalue weighted by atomic mass is 16.6. The van der Waals surface area contributed by atoms with Gasteiger partial charge in [-0.1, -0.05) is 12.1 Å². The van der Waals surface area contributed by atoms with Crippen molar-refractivity contribution in [3.05, 3.63) is 29.3 Å². The highest BCUT2D eigenvalue weighted by molar-refractivity contribution is 6.05. The summed E-state index contributed by atoms with van der Waals surface area (Å²) in [5.74, 6) is -0.497. The fourth-order valence-electron chi connectivity index (χ4n) is 2.66. The Balaban J connectivity index is 2.09. The second-order valence-corrected chi connectivity index (χ2v) is 6.90. The third-order valence-electron chi connectivity index (χ3n) is 3.78. The van der Waals surface area contributed by atoms with Crippen molar-refractivity contribution < 1.29 is 19.1 Å². The summed E-state index contributed by atoms with van der Waals surface area (Å²) >= 11 is 0. The van der Waals surface area contributed by atoms with Crippen molar-refractivity contribution in [1.29, 1.82) is 0 Å². The first-order chi connectivity index (χ1) is 11.2. The Hall–Kier alpha value is -2.37. The number of aryl methyl sites for hydroxylation is 1. The number of carbonyl (C=O) groups excluding carboxylic acids is 3. The molecule has 6 heteroatoms. The van der Waals surface area contributed by atoms with Crippen LogP contribution in [-0.2, 0) is 20.7 Å². The van der Waals surface area contributed by atoms with Crippen LogP contribution < -0.4 is 10.2 Å². The first-order valence-electron chi connectivity index (χ1n) is 8.09. The van der Waals surface area contributed by atoms with Crippen molar-refractivity contribution in [2.75, 3.05) is 11.4 Å². The van der Waals surface area contributed by atoms with Crippen LogP contribution in [-0.4, -0.2) is 30.1 Å². The molecule has 1 saturated heterocycles. The molecule has 0 unspecified atom stereocenters. The van der Waals surface area contributed by atoms with Crippen LogP contribution in [0.2, 0.25) is 0 Å². The predicted octanol–water partition coefficient (Wildman–Crippen LogP) is 2.72. The number of esters is 1. The summed E-state index contributed by atoms with van der Waals surface area (Å²) in [6.07, 6.45) is 1.11. The minimum atomic E-state index is -0.494. The Morgan fingerprint density at radius 1 is 1.29 bits per heavy atom. The molecule has 3 amide bonds. The lowest BCUT2D eigenvalue weighted by Crippen LogP contribution is -2.49. The third kappa shape index (κ3) is 4.57. The standard InChI is InChI=1S/C18H24N2O4/c1-12-13(8-9-16(22)24-18(2,3)4)6-5-7-14(12)20-11-10-15(21)19-17(20)23/h5-7H,8-11H2,1-4H3,(H,19,21,23). The molecular weight excluding hydrogens is 308 g/mol. The number of anilines is 1. The van der Waals surface area contributed by atoms with Gasteiger partial charge in [-0.05, 0) is 51.3 Å². The second kappa shape index (κ2) is 7.03. The van der Waals surface area contributed by atoms with E-state index in [2.05, 4.69) is 5.32 Å². The number of amides is 3. The van der Waals surface area contributed by atoms with Crippen molar-refractivity contribution in [1.82, 2.24) is 5.32 Å². The highest BCUT2D eigenvalue weighted by Gasteiger charge is 2.25. The SMILES string of the molecule is Cc1c(CCC(=O)OC(C)(C)C)cccc1N1CCC(=O)NC1=O. The van der Waals surface area contributed by atoms with Gasteiger partial charge in [-0.25, -0.2) is 4.79 Å². The Kier molecular flexibility index (Phi) is 5.26. The van der Waals surface area contributed by atoms with Crippen molar-refractivity contribution in [2.24, 2.45) is 0 Å². The molecule has 130 valence electrons. The van der Waals surface area contributed by atoms with E-state index in [0.717, 1.165) is 16.8 Å². The van der Waals surface area contributed by atoms with Crippen LogP contribution in [0, 0.1) is 6.92 Å². The molecule has 0 aliphatic carbocycles. The maximum absolute atomic E-state index is 12.0. The quantitative estimate of drug-likeness (QED) is 0.860. The average Bonchev–Trinajstić information content (AvgIpc) is 2.45. The minimum absolute atomic E-state index is 0.242. The van der Waals surface area contributed by atoms with Crippen molar-refractivity contribution >= 4 is 23.6 Å². The molecule has 1 aliphatic rings. The molecule has 1 aromatic carbocycles. The van der Waals surface area contributed by atoms with Gasteiger partial charge in [-0.15, -0.1) is 0 Å². The molecule has 0 spiro atoms. The van der Waals surface area contributed by atoms with Crippen LogP contribution in [0.4, 0.5) is 10.5 Å². The first kappa shape index (κ1) is 18.0. The average molecular weight is 332 g/mol. The van der Waals surface area contributed by atoms with E-state index >= 15 is 0 Å². The molecule has 0 saturated carbocycles. The first-order valence-corrected chi connectivity index (χ1v) is 8.09. The normalized spacial score (nSPS) is 15.2. The summed E-state index contributed by atoms with van der Waals surface area (Å²) in [5, 5.41) is 2.32. The summed E-state index contributed by atoms with van der Waals surface area (Å²) in [7, 11) is 0. The van der Waals surface area contributed by atoms with E-state index in [0.29, 0.717) is 13.0 Å². The number of hydrogen-bond acceptors (Lipinski definition) is 4. The molecule has 1 fully saturated rings. The Morgan fingerprint density at radius 2 is 2.00 bits per heavy atom. The van der Waals surface area contributed by atoms with Gasteiger partial charge in [-0.2, -0.15) is 0 Å². The minimum Gasteiger partial charge on any atom is -0.460 e. The fraction of sp³-hybridized carbons (Fsp3) is 0.500. The van der Waals surface area contributed by atoms with E-state index in [1.54, 1.807) is 4.90 Å². The number of ether oxygens (including phenoxy) is 1.